The molecule has 0 saturated carbocycles. The fourth-order valence-corrected chi connectivity index (χ4v) is 2.46. The minimum Gasteiger partial charge on any atom is -0.324 e. The predicted octanol–water partition coefficient (Wildman–Crippen LogP) is 4.26. The Labute approximate surface area is 141 Å². The van der Waals surface area contributed by atoms with Crippen LogP contribution in [-0.2, 0) is 4.79 Å². The van der Waals surface area contributed by atoms with Crippen molar-refractivity contribution >= 4 is 50.1 Å². The summed E-state index contributed by atoms with van der Waals surface area (Å²) in [5.74, 6) is 0.261. The monoisotopic (exact) mass is 368 g/mol. The van der Waals surface area contributed by atoms with Crippen molar-refractivity contribution < 1.29 is 4.79 Å². The molecule has 6 heteroatoms. The molecule has 3 rings (SSSR count). The number of amides is 1. The number of nitrogens with one attached hydrogen (secondary N) is 2. The number of halogens is 1. The minimum absolute atomic E-state index is 0.252. The summed E-state index contributed by atoms with van der Waals surface area (Å²) >= 11 is 3.43. The van der Waals surface area contributed by atoms with Gasteiger partial charge in [0.2, 0.25) is 11.9 Å². The first kappa shape index (κ1) is 15.2. The van der Waals surface area contributed by atoms with Crippen LogP contribution in [0.2, 0.25) is 0 Å². The Bertz CT molecular complexity index is 895. The molecule has 114 valence electrons. The lowest BCUT2D eigenvalue weighted by Gasteiger charge is -2.07. The molecule has 5 nitrogen and oxygen atoms in total. The molecule has 0 fully saturated rings. The lowest BCUT2D eigenvalue weighted by atomic mass is 10.2. The van der Waals surface area contributed by atoms with Gasteiger partial charge in [-0.05, 0) is 42.5 Å². The Morgan fingerprint density at radius 1 is 1.17 bits per heavy atom. The van der Waals surface area contributed by atoms with Gasteiger partial charge in [0.05, 0.1) is 5.52 Å². The highest BCUT2D eigenvalue weighted by atomic mass is 79.9. The number of aromatic nitrogens is 2. The SMILES string of the molecule is C=CC(=O)Nc1ccc2nc(Nc3cccc(Br)c3)ncc2c1. The quantitative estimate of drug-likeness (QED) is 0.675. The molecule has 23 heavy (non-hydrogen) atoms. The summed E-state index contributed by atoms with van der Waals surface area (Å²) in [5.41, 5.74) is 2.36. The van der Waals surface area contributed by atoms with Crippen LogP contribution in [0.1, 0.15) is 0 Å². The minimum atomic E-state index is -0.252. The number of carbonyl (C=O) groups excluding carboxylic acids is 1. The van der Waals surface area contributed by atoms with Gasteiger partial charge in [-0.1, -0.05) is 28.6 Å². The van der Waals surface area contributed by atoms with Gasteiger partial charge < -0.3 is 10.6 Å². The molecule has 0 unspecified atom stereocenters. The van der Waals surface area contributed by atoms with Gasteiger partial charge in [0.15, 0.2) is 0 Å². The van der Waals surface area contributed by atoms with Gasteiger partial charge in [-0.25, -0.2) is 9.97 Å². The second-order valence-electron chi connectivity index (χ2n) is 4.80. The number of hydrogen-bond acceptors (Lipinski definition) is 4. The number of carbonyl (C=O) groups is 1. The number of rotatable bonds is 4. The molecule has 1 amide bonds. The highest BCUT2D eigenvalue weighted by molar-refractivity contribution is 9.10. The lowest BCUT2D eigenvalue weighted by molar-refractivity contribution is -0.111. The van der Waals surface area contributed by atoms with Crippen LogP contribution >= 0.6 is 15.9 Å². The maximum atomic E-state index is 11.3. The number of nitrogens with zero attached hydrogens (tertiary/aromatic N) is 2. The van der Waals surface area contributed by atoms with Crippen molar-refractivity contribution in [1.29, 1.82) is 0 Å². The second kappa shape index (κ2) is 6.58. The van der Waals surface area contributed by atoms with Crippen LogP contribution in [0.3, 0.4) is 0 Å². The van der Waals surface area contributed by atoms with E-state index < -0.39 is 0 Å². The van der Waals surface area contributed by atoms with E-state index in [0.29, 0.717) is 11.6 Å². The van der Waals surface area contributed by atoms with Crippen molar-refractivity contribution in [2.45, 2.75) is 0 Å². The van der Waals surface area contributed by atoms with Gasteiger partial charge in [-0.3, -0.25) is 4.79 Å². The molecule has 1 aromatic heterocycles. The lowest BCUT2D eigenvalue weighted by Crippen LogP contribution is -2.07. The molecule has 0 saturated heterocycles. The average Bonchev–Trinajstić information content (AvgIpc) is 2.55. The van der Waals surface area contributed by atoms with Gasteiger partial charge in [0.1, 0.15) is 0 Å². The van der Waals surface area contributed by atoms with Gasteiger partial charge in [0.25, 0.3) is 0 Å². The van der Waals surface area contributed by atoms with Gasteiger partial charge in [-0.15, -0.1) is 0 Å². The smallest absolute Gasteiger partial charge is 0.247 e. The van der Waals surface area contributed by atoms with E-state index in [2.05, 4.69) is 43.1 Å². The summed E-state index contributed by atoms with van der Waals surface area (Å²) in [5, 5.41) is 6.71. The molecule has 0 aliphatic carbocycles. The Morgan fingerprint density at radius 2 is 2.04 bits per heavy atom. The number of fused-ring (bicyclic) bond motifs is 1. The predicted molar refractivity (Wildman–Crippen MR) is 95.8 cm³/mol. The standard InChI is InChI=1S/C17H13BrN4O/c1-2-16(23)20-14-6-7-15-11(8-14)10-19-17(22-15)21-13-5-3-4-12(18)9-13/h2-10H,1H2,(H,20,23)(H,19,21,22). The summed E-state index contributed by atoms with van der Waals surface area (Å²) in [6, 6.07) is 13.2. The Kier molecular flexibility index (Phi) is 4.34. The van der Waals surface area contributed by atoms with Crippen LogP contribution in [0.15, 0.2) is 65.8 Å². The number of anilines is 3. The van der Waals surface area contributed by atoms with Crippen LogP contribution in [0.5, 0.6) is 0 Å². The molecule has 0 aliphatic heterocycles. The van der Waals surface area contributed by atoms with E-state index in [-0.39, 0.29) is 5.91 Å². The Morgan fingerprint density at radius 3 is 2.83 bits per heavy atom. The summed E-state index contributed by atoms with van der Waals surface area (Å²) in [6.07, 6.45) is 2.94. The van der Waals surface area contributed by atoms with Gasteiger partial charge in [0, 0.05) is 27.4 Å². The largest absolute Gasteiger partial charge is 0.324 e. The zero-order chi connectivity index (χ0) is 16.2. The van der Waals surface area contributed by atoms with E-state index in [1.165, 1.54) is 6.08 Å². The van der Waals surface area contributed by atoms with Crippen LogP contribution in [0.4, 0.5) is 17.3 Å². The Balaban J connectivity index is 1.86. The topological polar surface area (TPSA) is 66.9 Å². The molecule has 1 heterocycles. The zero-order valence-corrected chi connectivity index (χ0v) is 13.7. The van der Waals surface area contributed by atoms with Crippen molar-refractivity contribution in [2.24, 2.45) is 0 Å². The van der Waals surface area contributed by atoms with E-state index in [1.807, 2.05) is 36.4 Å². The van der Waals surface area contributed by atoms with E-state index in [1.54, 1.807) is 12.3 Å². The first-order chi connectivity index (χ1) is 11.1. The average molecular weight is 369 g/mol. The summed E-state index contributed by atoms with van der Waals surface area (Å²) in [6.45, 7) is 3.43. The summed E-state index contributed by atoms with van der Waals surface area (Å²) in [7, 11) is 0. The van der Waals surface area contributed by atoms with Crippen LogP contribution in [-0.4, -0.2) is 15.9 Å². The molecule has 0 aliphatic rings. The van der Waals surface area contributed by atoms with E-state index >= 15 is 0 Å². The maximum absolute atomic E-state index is 11.3. The molecule has 0 spiro atoms. The first-order valence-electron chi connectivity index (χ1n) is 6.87. The second-order valence-corrected chi connectivity index (χ2v) is 5.71. The van der Waals surface area contributed by atoms with E-state index in [0.717, 1.165) is 21.1 Å². The van der Waals surface area contributed by atoms with E-state index in [4.69, 9.17) is 0 Å². The van der Waals surface area contributed by atoms with Crippen molar-refractivity contribution in [3.05, 3.63) is 65.8 Å². The summed E-state index contributed by atoms with van der Waals surface area (Å²) in [4.78, 5) is 20.1. The van der Waals surface area contributed by atoms with Gasteiger partial charge in [-0.2, -0.15) is 0 Å². The first-order valence-corrected chi connectivity index (χ1v) is 7.66. The maximum Gasteiger partial charge on any atom is 0.247 e. The van der Waals surface area contributed by atoms with Crippen molar-refractivity contribution in [3.63, 3.8) is 0 Å². The summed E-state index contributed by atoms with van der Waals surface area (Å²) < 4.78 is 0.978. The zero-order valence-electron chi connectivity index (χ0n) is 12.1. The molecule has 0 radical (unpaired) electrons. The molecular weight excluding hydrogens is 356 g/mol. The third kappa shape index (κ3) is 3.73. The highest BCUT2D eigenvalue weighted by Gasteiger charge is 2.04. The fourth-order valence-electron chi connectivity index (χ4n) is 2.06. The van der Waals surface area contributed by atoms with Crippen molar-refractivity contribution in [1.82, 2.24) is 9.97 Å². The highest BCUT2D eigenvalue weighted by Crippen LogP contribution is 2.21. The van der Waals surface area contributed by atoms with Crippen molar-refractivity contribution in [2.75, 3.05) is 10.6 Å². The molecule has 3 aromatic rings. The third-order valence-electron chi connectivity index (χ3n) is 3.11. The Hall–Kier alpha value is -2.73. The van der Waals surface area contributed by atoms with Crippen LogP contribution in [0, 0.1) is 0 Å². The molecule has 0 atom stereocenters. The third-order valence-corrected chi connectivity index (χ3v) is 3.61. The van der Waals surface area contributed by atoms with Crippen LogP contribution in [0.25, 0.3) is 10.9 Å². The van der Waals surface area contributed by atoms with E-state index in [9.17, 15) is 4.79 Å². The fraction of sp³-hybridized carbons (Fsp3) is 0. The molecular formula is C17H13BrN4O. The molecule has 2 aromatic carbocycles. The molecule has 2 N–H and O–H groups in total. The van der Waals surface area contributed by atoms with Crippen LogP contribution < -0.4 is 10.6 Å². The van der Waals surface area contributed by atoms with Gasteiger partial charge >= 0.3 is 0 Å². The number of hydrogen-bond donors (Lipinski definition) is 2. The number of benzene rings is 2. The normalized spacial score (nSPS) is 10.3. The molecule has 0 bridgehead atoms. The van der Waals surface area contributed by atoms with Crippen molar-refractivity contribution in [3.8, 4) is 0 Å².